The van der Waals surface area contributed by atoms with E-state index in [1.165, 1.54) is 0 Å². The second-order valence-electron chi connectivity index (χ2n) is 5.00. The van der Waals surface area contributed by atoms with Crippen LogP contribution in [-0.2, 0) is 0 Å². The first-order chi connectivity index (χ1) is 10.2. The van der Waals surface area contributed by atoms with Gasteiger partial charge in [0, 0.05) is 37.3 Å². The van der Waals surface area contributed by atoms with Gasteiger partial charge >= 0.3 is 0 Å². The van der Waals surface area contributed by atoms with E-state index in [0.29, 0.717) is 18.0 Å². The Balaban J connectivity index is 0.00000176. The fourth-order valence-corrected chi connectivity index (χ4v) is 2.49. The molecule has 0 bridgehead atoms. The second kappa shape index (κ2) is 7.06. The van der Waals surface area contributed by atoms with Crippen LogP contribution in [0.25, 0.3) is 10.9 Å². The van der Waals surface area contributed by atoms with Crippen LogP contribution in [0.3, 0.4) is 0 Å². The van der Waals surface area contributed by atoms with Crippen molar-refractivity contribution < 1.29 is 9.47 Å². The van der Waals surface area contributed by atoms with Gasteiger partial charge in [0.2, 0.25) is 0 Å². The molecule has 1 fully saturated rings. The number of ether oxygens (including phenoxy) is 2. The number of hydrogen-bond donors (Lipinski definition) is 2. The van der Waals surface area contributed by atoms with E-state index in [9.17, 15) is 0 Å². The summed E-state index contributed by atoms with van der Waals surface area (Å²) in [6.45, 7) is 2.35. The van der Waals surface area contributed by atoms with Crippen molar-refractivity contribution in [3.8, 4) is 11.5 Å². The van der Waals surface area contributed by atoms with Crippen LogP contribution in [0.2, 0.25) is 0 Å². The zero-order chi connectivity index (χ0) is 14.8. The highest BCUT2D eigenvalue weighted by Gasteiger charge is 2.21. The normalized spacial score (nSPS) is 18.8. The summed E-state index contributed by atoms with van der Waals surface area (Å²) in [7, 11) is 3.22. The molecule has 0 amide bonds. The minimum Gasteiger partial charge on any atom is -0.493 e. The highest BCUT2D eigenvalue weighted by Crippen LogP contribution is 2.31. The van der Waals surface area contributed by atoms with E-state index in [4.69, 9.17) is 15.3 Å². The minimum absolute atomic E-state index is 0. The Morgan fingerprint density at radius 2 is 2.00 bits per heavy atom. The highest BCUT2D eigenvalue weighted by molar-refractivity contribution is 5.85. The zero-order valence-corrected chi connectivity index (χ0v) is 13.4. The maximum Gasteiger partial charge on any atom is 0.162 e. The third-order valence-corrected chi connectivity index (χ3v) is 3.62. The number of nitrogens with two attached hydrogens (primary N) is 1. The standard InChI is InChI=1S/C14H19N5O2.ClH/c1-20-12-5-9-7-17-14(11-8-19(15)4-3-16-11)18-10(9)6-13(12)21-2;/h5-7,11,16H,3-4,8,15H2,1-2H3;1H. The topological polar surface area (TPSA) is 85.5 Å². The van der Waals surface area contributed by atoms with E-state index in [1.807, 2.05) is 12.1 Å². The molecule has 0 spiro atoms. The Hall–Kier alpha value is -1.67. The summed E-state index contributed by atoms with van der Waals surface area (Å²) < 4.78 is 10.6. The number of benzene rings is 1. The van der Waals surface area contributed by atoms with E-state index in [2.05, 4.69) is 15.3 Å². The van der Waals surface area contributed by atoms with Crippen molar-refractivity contribution in [1.29, 1.82) is 0 Å². The van der Waals surface area contributed by atoms with Gasteiger partial charge in [-0.25, -0.2) is 15.0 Å². The number of hydrazine groups is 1. The van der Waals surface area contributed by atoms with Crippen LogP contribution in [0.15, 0.2) is 18.3 Å². The van der Waals surface area contributed by atoms with Crippen molar-refractivity contribution in [2.24, 2.45) is 5.84 Å². The summed E-state index contributed by atoms with van der Waals surface area (Å²) in [6, 6.07) is 3.78. The van der Waals surface area contributed by atoms with Crippen molar-refractivity contribution in [1.82, 2.24) is 20.3 Å². The SMILES string of the molecule is COc1cc2cnc(C3CN(N)CCN3)nc2cc1OC.Cl. The quantitative estimate of drug-likeness (QED) is 0.810. The van der Waals surface area contributed by atoms with Gasteiger partial charge in [-0.2, -0.15) is 0 Å². The predicted molar refractivity (Wildman–Crippen MR) is 86.4 cm³/mol. The van der Waals surface area contributed by atoms with Crippen LogP contribution in [-0.4, -0.2) is 48.8 Å². The fraction of sp³-hybridized carbons (Fsp3) is 0.429. The largest absolute Gasteiger partial charge is 0.493 e. The molecule has 1 atom stereocenters. The highest BCUT2D eigenvalue weighted by atomic mass is 35.5. The number of halogens is 1. The van der Waals surface area contributed by atoms with Crippen molar-refractivity contribution in [3.05, 3.63) is 24.2 Å². The summed E-state index contributed by atoms with van der Waals surface area (Å²) in [4.78, 5) is 9.07. The van der Waals surface area contributed by atoms with Gasteiger partial charge in [0.1, 0.15) is 5.82 Å². The van der Waals surface area contributed by atoms with Gasteiger partial charge in [-0.05, 0) is 6.07 Å². The number of nitrogens with one attached hydrogen (secondary N) is 1. The van der Waals surface area contributed by atoms with Crippen LogP contribution >= 0.6 is 12.4 Å². The van der Waals surface area contributed by atoms with E-state index in [0.717, 1.165) is 29.8 Å². The van der Waals surface area contributed by atoms with Gasteiger partial charge in [0.15, 0.2) is 11.5 Å². The molecule has 1 saturated heterocycles. The number of hydrogen-bond acceptors (Lipinski definition) is 7. The molecule has 8 heteroatoms. The summed E-state index contributed by atoms with van der Waals surface area (Å²) in [6.07, 6.45) is 1.80. The first-order valence-corrected chi connectivity index (χ1v) is 6.83. The molecule has 2 heterocycles. The summed E-state index contributed by atoms with van der Waals surface area (Å²) >= 11 is 0. The van der Waals surface area contributed by atoms with Gasteiger partial charge in [0.05, 0.1) is 25.8 Å². The Kier molecular flexibility index (Phi) is 5.36. The average Bonchev–Trinajstić information content (AvgIpc) is 2.53. The third-order valence-electron chi connectivity index (χ3n) is 3.62. The van der Waals surface area contributed by atoms with E-state index in [-0.39, 0.29) is 18.4 Å². The van der Waals surface area contributed by atoms with Crippen LogP contribution < -0.4 is 20.6 Å². The maximum absolute atomic E-state index is 5.86. The molecule has 3 N–H and O–H groups in total. The molecule has 7 nitrogen and oxygen atoms in total. The molecule has 1 aromatic heterocycles. The molecule has 2 aromatic rings. The van der Waals surface area contributed by atoms with E-state index in [1.54, 1.807) is 25.4 Å². The number of rotatable bonds is 3. The van der Waals surface area contributed by atoms with Crippen molar-refractivity contribution in [3.63, 3.8) is 0 Å². The van der Waals surface area contributed by atoms with Gasteiger partial charge in [-0.3, -0.25) is 5.84 Å². The van der Waals surface area contributed by atoms with Crippen molar-refractivity contribution in [2.75, 3.05) is 33.9 Å². The monoisotopic (exact) mass is 325 g/mol. The lowest BCUT2D eigenvalue weighted by atomic mass is 10.2. The molecule has 120 valence electrons. The van der Waals surface area contributed by atoms with Gasteiger partial charge in [0.25, 0.3) is 0 Å². The second-order valence-corrected chi connectivity index (χ2v) is 5.00. The van der Waals surface area contributed by atoms with Crippen LogP contribution in [0.4, 0.5) is 0 Å². The molecule has 0 saturated carbocycles. The first-order valence-electron chi connectivity index (χ1n) is 6.83. The summed E-state index contributed by atoms with van der Waals surface area (Å²) in [5.41, 5.74) is 0.827. The Bertz CT molecular complexity index is 654. The molecule has 0 radical (unpaired) electrons. The lowest BCUT2D eigenvalue weighted by Crippen LogP contribution is -2.49. The van der Waals surface area contributed by atoms with Crippen LogP contribution in [0.1, 0.15) is 11.9 Å². The number of aromatic nitrogens is 2. The number of fused-ring (bicyclic) bond motifs is 1. The number of methoxy groups -OCH3 is 2. The fourth-order valence-electron chi connectivity index (χ4n) is 2.49. The molecule has 3 rings (SSSR count). The Morgan fingerprint density at radius 1 is 1.27 bits per heavy atom. The van der Waals surface area contributed by atoms with E-state index >= 15 is 0 Å². The van der Waals surface area contributed by atoms with Gasteiger partial charge in [-0.1, -0.05) is 0 Å². The van der Waals surface area contributed by atoms with Crippen LogP contribution in [0.5, 0.6) is 11.5 Å². The zero-order valence-electron chi connectivity index (χ0n) is 12.6. The molecule has 22 heavy (non-hydrogen) atoms. The molecular weight excluding hydrogens is 306 g/mol. The number of nitrogens with zero attached hydrogens (tertiary/aromatic N) is 3. The molecular formula is C14H20ClN5O2. The van der Waals surface area contributed by atoms with Crippen LogP contribution in [0, 0.1) is 0 Å². The van der Waals surface area contributed by atoms with Crippen molar-refractivity contribution >= 4 is 23.3 Å². The maximum atomic E-state index is 5.86. The van der Waals surface area contributed by atoms with Crippen molar-refractivity contribution in [2.45, 2.75) is 6.04 Å². The number of piperazine rings is 1. The first kappa shape index (κ1) is 16.7. The van der Waals surface area contributed by atoms with E-state index < -0.39 is 0 Å². The average molecular weight is 326 g/mol. The van der Waals surface area contributed by atoms with Gasteiger partial charge in [-0.15, -0.1) is 12.4 Å². The molecule has 0 aliphatic carbocycles. The minimum atomic E-state index is 0. The summed E-state index contributed by atoms with van der Waals surface area (Å²) in [5.74, 6) is 7.93. The molecule has 1 aromatic carbocycles. The lowest BCUT2D eigenvalue weighted by molar-refractivity contribution is 0.201. The molecule has 1 unspecified atom stereocenters. The lowest BCUT2D eigenvalue weighted by Gasteiger charge is -2.29. The Morgan fingerprint density at radius 3 is 2.68 bits per heavy atom. The summed E-state index contributed by atoms with van der Waals surface area (Å²) in [5, 5.41) is 6.07. The molecule has 1 aliphatic heterocycles. The Labute approximate surface area is 135 Å². The van der Waals surface area contributed by atoms with Gasteiger partial charge < -0.3 is 14.8 Å². The predicted octanol–water partition coefficient (Wildman–Crippen LogP) is 0.889. The smallest absolute Gasteiger partial charge is 0.162 e. The third kappa shape index (κ3) is 3.22. The molecule has 1 aliphatic rings.